The van der Waals surface area contributed by atoms with Gasteiger partial charge in [0.25, 0.3) is 0 Å². The predicted molar refractivity (Wildman–Crippen MR) is 137 cm³/mol. The zero-order valence-corrected chi connectivity index (χ0v) is 24.3. The lowest BCUT2D eigenvalue weighted by Gasteiger charge is -2.41. The van der Waals surface area contributed by atoms with Crippen molar-refractivity contribution in [3.63, 3.8) is 0 Å². The maximum absolute atomic E-state index is 14.0. The maximum atomic E-state index is 14.0. The Kier molecular flexibility index (Phi) is 7.87. The average molecular weight is 562 g/mol. The summed E-state index contributed by atoms with van der Waals surface area (Å²) < 4.78 is 60.6. The zero-order valence-electron chi connectivity index (χ0n) is 22.5. The van der Waals surface area contributed by atoms with Crippen molar-refractivity contribution in [2.75, 3.05) is 6.61 Å². The van der Waals surface area contributed by atoms with Crippen molar-refractivity contribution in [2.24, 2.45) is 5.41 Å². The van der Waals surface area contributed by atoms with Crippen molar-refractivity contribution < 1.29 is 31.9 Å². The molecule has 2 heterocycles. The van der Waals surface area contributed by atoms with Crippen molar-refractivity contribution >= 4 is 25.9 Å². The standard InChI is InChI=1S/C25H35ClF3N3O4Si/c1-22(2,3)35-21(33)16-9-10-18(30-20(16)26)32-14-11-19(31-32)34-15-17(24(12-13-24)25(27,28)29)36-37(7,8)23(4,5)6/h9-11,14,17H,12-13,15H2,1-8H3. The lowest BCUT2D eigenvalue weighted by molar-refractivity contribution is -0.215. The molecular formula is C25H35ClF3N3O4Si. The Bertz CT molecular complexity index is 1140. The molecule has 1 fully saturated rings. The highest BCUT2D eigenvalue weighted by Crippen LogP contribution is 2.61. The van der Waals surface area contributed by atoms with Crippen LogP contribution in [0.25, 0.3) is 5.82 Å². The van der Waals surface area contributed by atoms with Crippen LogP contribution in [-0.4, -0.2) is 53.5 Å². The molecule has 0 bridgehead atoms. The number of aromatic nitrogens is 3. The summed E-state index contributed by atoms with van der Waals surface area (Å²) in [5.41, 5.74) is -2.49. The number of esters is 1. The van der Waals surface area contributed by atoms with Crippen LogP contribution < -0.4 is 4.74 Å². The van der Waals surface area contributed by atoms with Crippen molar-refractivity contribution in [3.05, 3.63) is 35.1 Å². The van der Waals surface area contributed by atoms with Crippen LogP contribution in [-0.2, 0) is 9.16 Å². The number of nitrogens with zero attached hydrogens (tertiary/aromatic N) is 3. The third-order valence-corrected chi connectivity index (χ3v) is 11.6. The molecule has 0 N–H and O–H groups in total. The van der Waals surface area contributed by atoms with E-state index in [1.54, 1.807) is 27.0 Å². The number of halogens is 4. The zero-order chi connectivity index (χ0) is 28.0. The van der Waals surface area contributed by atoms with E-state index in [9.17, 15) is 18.0 Å². The second-order valence-electron chi connectivity index (χ2n) is 11.9. The third-order valence-electron chi connectivity index (χ3n) is 6.85. The summed E-state index contributed by atoms with van der Waals surface area (Å²) >= 11 is 6.21. The van der Waals surface area contributed by atoms with E-state index < -0.39 is 37.6 Å². The van der Waals surface area contributed by atoms with E-state index in [1.165, 1.54) is 22.9 Å². The first-order valence-electron chi connectivity index (χ1n) is 12.1. The molecule has 37 heavy (non-hydrogen) atoms. The lowest BCUT2D eigenvalue weighted by atomic mass is 9.99. The van der Waals surface area contributed by atoms with Crippen molar-refractivity contribution in [3.8, 4) is 11.7 Å². The van der Waals surface area contributed by atoms with Crippen LogP contribution in [0, 0.1) is 5.41 Å². The van der Waals surface area contributed by atoms with E-state index in [4.69, 9.17) is 25.5 Å². The molecular weight excluding hydrogens is 527 g/mol. The van der Waals surface area contributed by atoms with Gasteiger partial charge < -0.3 is 13.9 Å². The predicted octanol–water partition coefficient (Wildman–Crippen LogP) is 6.99. The second-order valence-corrected chi connectivity index (χ2v) is 17.1. The van der Waals surface area contributed by atoms with Crippen molar-refractivity contribution in [2.45, 2.75) is 90.4 Å². The Balaban J connectivity index is 1.76. The first kappa shape index (κ1) is 29.4. The van der Waals surface area contributed by atoms with E-state index in [0.717, 1.165) is 0 Å². The Morgan fingerprint density at radius 2 is 1.76 bits per heavy atom. The molecule has 1 aliphatic carbocycles. The van der Waals surface area contributed by atoms with Gasteiger partial charge in [0.2, 0.25) is 5.88 Å². The van der Waals surface area contributed by atoms with Gasteiger partial charge in [0.15, 0.2) is 14.1 Å². The van der Waals surface area contributed by atoms with E-state index >= 15 is 0 Å². The molecule has 7 nitrogen and oxygen atoms in total. The summed E-state index contributed by atoms with van der Waals surface area (Å²) in [5.74, 6) is -0.182. The van der Waals surface area contributed by atoms with Gasteiger partial charge in [-0.25, -0.2) is 14.5 Å². The van der Waals surface area contributed by atoms with Gasteiger partial charge in [0.1, 0.15) is 17.4 Å². The third kappa shape index (κ3) is 6.67. The van der Waals surface area contributed by atoms with Crippen LogP contribution in [0.15, 0.2) is 24.4 Å². The molecule has 0 spiro atoms. The summed E-state index contributed by atoms with van der Waals surface area (Å²) in [4.78, 5) is 16.5. The van der Waals surface area contributed by atoms with Crippen LogP contribution in [0.2, 0.25) is 23.3 Å². The van der Waals surface area contributed by atoms with Crippen molar-refractivity contribution in [1.29, 1.82) is 0 Å². The number of carbonyl (C=O) groups is 1. The van der Waals surface area contributed by atoms with E-state index in [2.05, 4.69) is 10.1 Å². The number of hydrogen-bond acceptors (Lipinski definition) is 6. The van der Waals surface area contributed by atoms with Gasteiger partial charge in [-0.1, -0.05) is 32.4 Å². The van der Waals surface area contributed by atoms with Crippen LogP contribution in [0.1, 0.15) is 64.7 Å². The van der Waals surface area contributed by atoms with Gasteiger partial charge in [-0.2, -0.15) is 13.2 Å². The maximum Gasteiger partial charge on any atom is 0.397 e. The topological polar surface area (TPSA) is 75.5 Å². The van der Waals surface area contributed by atoms with Gasteiger partial charge in [0, 0.05) is 12.3 Å². The largest absolute Gasteiger partial charge is 0.474 e. The Labute approximate surface area is 221 Å². The molecule has 2 aromatic heterocycles. The summed E-state index contributed by atoms with van der Waals surface area (Å²) in [6.45, 7) is 14.8. The van der Waals surface area contributed by atoms with Crippen LogP contribution in [0.4, 0.5) is 13.2 Å². The summed E-state index contributed by atoms with van der Waals surface area (Å²) in [6.07, 6.45) is -3.96. The highest BCUT2D eigenvalue weighted by Gasteiger charge is 2.68. The minimum atomic E-state index is -4.39. The molecule has 1 aliphatic rings. The molecule has 0 aliphatic heterocycles. The molecule has 0 aromatic carbocycles. The number of rotatable bonds is 8. The number of pyridine rings is 1. The van der Waals surface area contributed by atoms with Crippen LogP contribution >= 0.6 is 11.6 Å². The van der Waals surface area contributed by atoms with E-state index in [1.807, 2.05) is 33.9 Å². The molecule has 1 saturated carbocycles. The monoisotopic (exact) mass is 561 g/mol. The van der Waals surface area contributed by atoms with Crippen LogP contribution in [0.3, 0.4) is 0 Å². The molecule has 206 valence electrons. The Hall–Kier alpha value is -2.11. The van der Waals surface area contributed by atoms with Gasteiger partial charge >= 0.3 is 12.1 Å². The fourth-order valence-corrected chi connectivity index (χ4v) is 5.06. The molecule has 0 saturated heterocycles. The molecule has 0 amide bonds. The normalized spacial score (nSPS) is 16.9. The first-order chi connectivity index (χ1) is 16.8. The molecule has 2 aromatic rings. The molecule has 1 unspecified atom stereocenters. The second kappa shape index (κ2) is 9.89. The fourth-order valence-electron chi connectivity index (χ4n) is 3.47. The smallest absolute Gasteiger partial charge is 0.397 e. The first-order valence-corrected chi connectivity index (χ1v) is 15.4. The lowest BCUT2D eigenvalue weighted by Crippen LogP contribution is -2.51. The molecule has 3 rings (SSSR count). The van der Waals surface area contributed by atoms with E-state index in [-0.39, 0.29) is 41.1 Å². The number of ether oxygens (including phenoxy) is 2. The van der Waals surface area contributed by atoms with Crippen LogP contribution in [0.5, 0.6) is 5.88 Å². The molecule has 12 heteroatoms. The SMILES string of the molecule is CC(C)(C)OC(=O)c1ccc(-n2ccc(OCC(O[Si](C)(C)C(C)(C)C)C3(C(F)(F)F)CC3)n2)nc1Cl. The van der Waals surface area contributed by atoms with Gasteiger partial charge in [-0.05, 0) is 63.9 Å². The average Bonchev–Trinajstić information content (AvgIpc) is 3.41. The molecule has 1 atom stereocenters. The number of carbonyl (C=O) groups excluding carboxylic acids is 1. The Morgan fingerprint density at radius 3 is 2.24 bits per heavy atom. The van der Waals surface area contributed by atoms with Gasteiger partial charge in [-0.15, -0.1) is 5.10 Å². The quantitative estimate of drug-likeness (QED) is 0.196. The highest BCUT2D eigenvalue weighted by molar-refractivity contribution is 6.74. The summed E-state index contributed by atoms with van der Waals surface area (Å²) in [5, 5.41) is 3.95. The van der Waals surface area contributed by atoms with Crippen molar-refractivity contribution in [1.82, 2.24) is 14.8 Å². The minimum Gasteiger partial charge on any atom is -0.474 e. The number of alkyl halides is 3. The molecule has 0 radical (unpaired) electrons. The summed E-state index contributed by atoms with van der Waals surface area (Å²) in [7, 11) is -2.51. The summed E-state index contributed by atoms with van der Waals surface area (Å²) in [6, 6.07) is 4.53. The Morgan fingerprint density at radius 1 is 1.14 bits per heavy atom. The number of hydrogen-bond donors (Lipinski definition) is 0. The van der Waals surface area contributed by atoms with E-state index in [0.29, 0.717) is 5.82 Å². The fraction of sp³-hybridized carbons (Fsp3) is 0.640. The van der Waals surface area contributed by atoms with Gasteiger partial charge in [0.05, 0.1) is 17.1 Å². The minimum absolute atomic E-state index is 0.0139. The highest BCUT2D eigenvalue weighted by atomic mass is 35.5. The van der Waals surface area contributed by atoms with Gasteiger partial charge in [-0.3, -0.25) is 0 Å².